The summed E-state index contributed by atoms with van der Waals surface area (Å²) in [7, 11) is -4.18. The molecule has 0 unspecified atom stereocenters. The molecule has 3 aromatic carbocycles. The molecule has 174 valence electrons. The molecule has 3 N–H and O–H groups in total. The van der Waals surface area contributed by atoms with Crippen molar-refractivity contribution in [2.75, 3.05) is 4.72 Å². The zero-order valence-electron chi connectivity index (χ0n) is 17.3. The van der Waals surface area contributed by atoms with Crippen LogP contribution in [0.4, 0.5) is 5.69 Å². The van der Waals surface area contributed by atoms with Gasteiger partial charge in [0.25, 0.3) is 15.9 Å². The van der Waals surface area contributed by atoms with E-state index in [4.69, 9.17) is 11.6 Å². The third kappa shape index (κ3) is 5.16. The number of aromatic nitrogens is 2. The second kappa shape index (κ2) is 9.75. The zero-order chi connectivity index (χ0) is 24.3. The number of aliphatic carboxylic acids is 1. The summed E-state index contributed by atoms with van der Waals surface area (Å²) in [6.45, 7) is 0. The minimum atomic E-state index is -4.18. The van der Waals surface area contributed by atoms with Gasteiger partial charge >= 0.3 is 5.97 Å². The Morgan fingerprint density at radius 1 is 1.03 bits per heavy atom. The number of amides is 1. The summed E-state index contributed by atoms with van der Waals surface area (Å²) in [4.78, 5) is 24.7. The molecule has 4 aromatic rings. The monoisotopic (exact) mass is 516 g/mol. The molecule has 34 heavy (non-hydrogen) atoms. The molecule has 0 bridgehead atoms. The molecule has 0 radical (unpaired) electrons. The quantitative estimate of drug-likeness (QED) is 0.325. The number of nitrogens with zero attached hydrogens (tertiary/aromatic N) is 2. The van der Waals surface area contributed by atoms with Crippen LogP contribution in [0.1, 0.15) is 15.9 Å². The first-order valence-electron chi connectivity index (χ1n) is 9.86. The predicted molar refractivity (Wildman–Crippen MR) is 129 cm³/mol. The summed E-state index contributed by atoms with van der Waals surface area (Å²) < 4.78 is 36.7. The van der Waals surface area contributed by atoms with Crippen molar-refractivity contribution in [1.82, 2.24) is 14.1 Å². The number of rotatable bonds is 8. The van der Waals surface area contributed by atoms with Crippen molar-refractivity contribution in [2.24, 2.45) is 0 Å². The lowest BCUT2D eigenvalue weighted by atomic mass is 10.1. The van der Waals surface area contributed by atoms with Crippen LogP contribution in [0.3, 0.4) is 0 Å². The average molecular weight is 517 g/mol. The summed E-state index contributed by atoms with van der Waals surface area (Å²) in [5.41, 5.74) is 1.14. The smallest absolute Gasteiger partial charge is 0.326 e. The van der Waals surface area contributed by atoms with Crippen LogP contribution in [0.25, 0.3) is 11.0 Å². The van der Waals surface area contributed by atoms with E-state index in [0.29, 0.717) is 5.52 Å². The van der Waals surface area contributed by atoms with Crippen LogP contribution in [-0.4, -0.2) is 40.2 Å². The van der Waals surface area contributed by atoms with Crippen LogP contribution in [0.15, 0.2) is 71.6 Å². The Kier molecular flexibility index (Phi) is 6.77. The number of carboxylic acids is 1. The van der Waals surface area contributed by atoms with Gasteiger partial charge in [-0.15, -0.1) is 0 Å². The number of benzene rings is 3. The molecule has 12 heteroatoms. The third-order valence-corrected chi connectivity index (χ3v) is 7.07. The molecule has 1 aromatic heterocycles. The minimum Gasteiger partial charge on any atom is -0.480 e. The Balaban J connectivity index is 1.63. The third-order valence-electron chi connectivity index (χ3n) is 4.90. The molecule has 1 atom stereocenters. The molecule has 0 aliphatic carbocycles. The van der Waals surface area contributed by atoms with E-state index in [9.17, 15) is 23.1 Å². The summed E-state index contributed by atoms with van der Waals surface area (Å²) in [5, 5.41) is 12.2. The molecular weight excluding hydrogens is 500 g/mol. The maximum atomic E-state index is 13.1. The summed E-state index contributed by atoms with van der Waals surface area (Å²) >= 11 is 6.93. The lowest BCUT2D eigenvalue weighted by Gasteiger charge is -2.17. The van der Waals surface area contributed by atoms with Crippen LogP contribution >= 0.6 is 23.3 Å². The number of fused-ring (bicyclic) bond motifs is 1. The van der Waals surface area contributed by atoms with Gasteiger partial charge in [0, 0.05) is 11.4 Å². The fourth-order valence-electron chi connectivity index (χ4n) is 3.28. The highest BCUT2D eigenvalue weighted by Gasteiger charge is 2.25. The first-order chi connectivity index (χ1) is 16.2. The highest BCUT2D eigenvalue weighted by atomic mass is 35.5. The maximum Gasteiger partial charge on any atom is 0.326 e. The SMILES string of the molecule is O=C(N[C@H](Cc1ccccc1)C(=O)O)c1ccc(Cl)cc1NS(=O)(=O)c1cccc2nsnc12. The first kappa shape index (κ1) is 23.6. The lowest BCUT2D eigenvalue weighted by Crippen LogP contribution is -2.42. The first-order valence-corrected chi connectivity index (χ1v) is 12.4. The van der Waals surface area contributed by atoms with E-state index >= 15 is 0 Å². The van der Waals surface area contributed by atoms with Crippen LogP contribution in [0.5, 0.6) is 0 Å². The summed E-state index contributed by atoms with van der Waals surface area (Å²) in [6, 6.07) is 16.1. The maximum absolute atomic E-state index is 13.1. The van der Waals surface area contributed by atoms with Gasteiger partial charge in [-0.2, -0.15) is 8.75 Å². The number of hydrogen-bond acceptors (Lipinski definition) is 7. The van der Waals surface area contributed by atoms with E-state index < -0.39 is 27.9 Å². The molecule has 4 rings (SSSR count). The van der Waals surface area contributed by atoms with Crippen LogP contribution in [-0.2, 0) is 21.2 Å². The van der Waals surface area contributed by atoms with Crippen LogP contribution in [0, 0.1) is 0 Å². The van der Waals surface area contributed by atoms with Gasteiger partial charge < -0.3 is 10.4 Å². The topological polar surface area (TPSA) is 138 Å². The highest BCUT2D eigenvalue weighted by molar-refractivity contribution is 7.93. The van der Waals surface area contributed by atoms with Crippen molar-refractivity contribution >= 4 is 61.9 Å². The van der Waals surface area contributed by atoms with Crippen molar-refractivity contribution in [2.45, 2.75) is 17.4 Å². The summed E-state index contributed by atoms with van der Waals surface area (Å²) in [6.07, 6.45) is 0.0510. The van der Waals surface area contributed by atoms with Gasteiger partial charge in [0.15, 0.2) is 0 Å². The van der Waals surface area contributed by atoms with Gasteiger partial charge in [-0.25, -0.2) is 13.2 Å². The van der Waals surface area contributed by atoms with E-state index in [2.05, 4.69) is 18.8 Å². The molecule has 1 heterocycles. The number of carbonyl (C=O) groups excluding carboxylic acids is 1. The van der Waals surface area contributed by atoms with Gasteiger partial charge in [-0.1, -0.05) is 48.0 Å². The van der Waals surface area contributed by atoms with Crippen molar-refractivity contribution in [3.05, 3.63) is 82.9 Å². The number of anilines is 1. The predicted octanol–water partition coefficient (Wildman–Crippen LogP) is 3.57. The highest BCUT2D eigenvalue weighted by Crippen LogP contribution is 2.27. The number of hydrogen-bond donors (Lipinski definition) is 3. The van der Waals surface area contributed by atoms with Crippen molar-refractivity contribution < 1.29 is 23.1 Å². The zero-order valence-corrected chi connectivity index (χ0v) is 19.7. The van der Waals surface area contributed by atoms with E-state index in [1.807, 2.05) is 0 Å². The van der Waals surface area contributed by atoms with E-state index in [1.54, 1.807) is 36.4 Å². The summed E-state index contributed by atoms with van der Waals surface area (Å²) in [5.74, 6) is -2.00. The van der Waals surface area contributed by atoms with Crippen molar-refractivity contribution in [3.63, 3.8) is 0 Å². The van der Waals surface area contributed by atoms with Crippen molar-refractivity contribution in [3.8, 4) is 0 Å². The van der Waals surface area contributed by atoms with Gasteiger partial charge in [-0.05, 0) is 35.9 Å². The van der Waals surface area contributed by atoms with Gasteiger partial charge in [0.05, 0.1) is 23.0 Å². The molecular formula is C22H17ClN4O5S2. The minimum absolute atomic E-state index is 0.0510. The molecule has 9 nitrogen and oxygen atoms in total. The standard InChI is InChI=1S/C22H17ClN4O5S2/c23-14-9-10-15(21(28)24-18(22(29)30)11-13-5-2-1-3-6-13)17(12-14)27-34(31,32)19-8-4-7-16-20(19)26-33-25-16/h1-10,12,18,27H,11H2,(H,24,28)(H,29,30)/t18-/m1/s1. The van der Waals surface area contributed by atoms with Crippen LogP contribution < -0.4 is 10.0 Å². The fraction of sp³-hybridized carbons (Fsp3) is 0.0909. The molecule has 0 saturated heterocycles. The van der Waals surface area contributed by atoms with Gasteiger partial charge in [0.1, 0.15) is 22.0 Å². The van der Waals surface area contributed by atoms with Crippen molar-refractivity contribution in [1.29, 1.82) is 0 Å². The Morgan fingerprint density at radius 3 is 2.53 bits per heavy atom. The number of carboxylic acid groups (broad SMARTS) is 1. The molecule has 1 amide bonds. The second-order valence-electron chi connectivity index (χ2n) is 7.24. The second-order valence-corrected chi connectivity index (χ2v) is 9.85. The molecule has 0 aliphatic heterocycles. The van der Waals surface area contributed by atoms with Crippen LogP contribution in [0.2, 0.25) is 5.02 Å². The van der Waals surface area contributed by atoms with E-state index in [0.717, 1.165) is 17.3 Å². The average Bonchev–Trinajstić information content (AvgIpc) is 3.28. The number of carbonyl (C=O) groups is 2. The molecule has 0 aliphatic rings. The Bertz CT molecular complexity index is 1480. The Labute approximate surface area is 203 Å². The molecule has 0 fully saturated rings. The fourth-order valence-corrected chi connectivity index (χ4v) is 5.29. The largest absolute Gasteiger partial charge is 0.480 e. The van der Waals surface area contributed by atoms with Gasteiger partial charge in [-0.3, -0.25) is 9.52 Å². The molecule has 0 saturated carbocycles. The van der Waals surface area contributed by atoms with E-state index in [-0.39, 0.29) is 33.1 Å². The van der Waals surface area contributed by atoms with E-state index in [1.165, 1.54) is 30.3 Å². The normalized spacial score (nSPS) is 12.3. The Hall–Kier alpha value is -3.54. The number of halogens is 1. The Morgan fingerprint density at radius 2 is 1.79 bits per heavy atom. The number of nitrogens with one attached hydrogen (secondary N) is 2. The molecule has 0 spiro atoms. The van der Waals surface area contributed by atoms with Gasteiger partial charge in [0.2, 0.25) is 0 Å². The lowest BCUT2D eigenvalue weighted by molar-refractivity contribution is -0.139. The number of sulfonamides is 1.